The Morgan fingerprint density at radius 3 is 2.12 bits per heavy atom. The maximum absolute atomic E-state index is 12.6. The molecule has 0 N–H and O–H groups in total. The van der Waals surface area contributed by atoms with Gasteiger partial charge in [-0.25, -0.2) is 14.9 Å². The number of nitrogens with zero attached hydrogens (tertiary/aromatic N) is 5. The first-order chi connectivity index (χ1) is 11.6. The van der Waals surface area contributed by atoms with Gasteiger partial charge in [-0.05, 0) is 17.5 Å². The number of rotatable bonds is 5. The number of nitro benzene ring substituents is 2. The lowest BCUT2D eigenvalue weighted by Crippen LogP contribution is -2.49. The monoisotopic (exact) mass is 353 g/mol. The molecule has 1 atom stereocenters. The summed E-state index contributed by atoms with van der Waals surface area (Å²) in [7, 11) is 1.01. The number of hydrazine groups is 1. The Hall–Kier alpha value is -3.64. The molecule has 1 heterocycles. The van der Waals surface area contributed by atoms with Gasteiger partial charge < -0.3 is 0 Å². The van der Waals surface area contributed by atoms with Crippen LogP contribution in [0, 0.1) is 30.3 Å². The SMILES string of the molecule is CCC1(c2ccc([N+](=O)[O-])cc2[N+](=O)[O-])C(=O)N(C)C(=O)N1[N+](=O)[O-]. The molecule has 1 unspecified atom stereocenters. The number of amides is 3. The van der Waals surface area contributed by atoms with Gasteiger partial charge in [-0.1, -0.05) is 6.92 Å². The summed E-state index contributed by atoms with van der Waals surface area (Å²) in [5, 5.41) is 32.4. The normalized spacial score (nSPS) is 20.1. The molecule has 0 spiro atoms. The van der Waals surface area contributed by atoms with Crippen molar-refractivity contribution < 1.29 is 24.5 Å². The van der Waals surface area contributed by atoms with Crippen LogP contribution in [0.25, 0.3) is 0 Å². The molecule has 0 aliphatic carbocycles. The minimum atomic E-state index is -2.27. The zero-order chi connectivity index (χ0) is 19.1. The lowest BCUT2D eigenvalue weighted by Gasteiger charge is -2.26. The van der Waals surface area contributed by atoms with E-state index in [-0.39, 0.29) is 11.4 Å². The summed E-state index contributed by atoms with van der Waals surface area (Å²) in [6.45, 7) is 1.34. The number of imide groups is 1. The molecule has 0 saturated carbocycles. The molecule has 1 saturated heterocycles. The quantitative estimate of drug-likeness (QED) is 0.431. The molecule has 1 aliphatic rings. The summed E-state index contributed by atoms with van der Waals surface area (Å²) >= 11 is 0. The van der Waals surface area contributed by atoms with Crippen LogP contribution >= 0.6 is 0 Å². The Bertz CT molecular complexity index is 824. The number of urea groups is 1. The van der Waals surface area contributed by atoms with Gasteiger partial charge in [-0.3, -0.25) is 29.9 Å². The van der Waals surface area contributed by atoms with Crippen LogP contribution < -0.4 is 0 Å². The van der Waals surface area contributed by atoms with Crippen molar-refractivity contribution in [3.8, 4) is 0 Å². The maximum Gasteiger partial charge on any atom is 0.385 e. The molecule has 2 rings (SSSR count). The van der Waals surface area contributed by atoms with Gasteiger partial charge in [-0.15, -0.1) is 0 Å². The van der Waals surface area contributed by atoms with Gasteiger partial charge in [0.05, 0.1) is 21.5 Å². The van der Waals surface area contributed by atoms with E-state index in [1.54, 1.807) is 0 Å². The molecule has 1 aromatic carbocycles. The fourth-order valence-corrected chi connectivity index (χ4v) is 2.82. The molecule has 0 bridgehead atoms. The van der Waals surface area contributed by atoms with E-state index in [2.05, 4.69) is 0 Å². The van der Waals surface area contributed by atoms with E-state index in [0.717, 1.165) is 19.2 Å². The maximum atomic E-state index is 12.6. The highest BCUT2D eigenvalue weighted by Crippen LogP contribution is 2.44. The van der Waals surface area contributed by atoms with E-state index in [1.165, 1.54) is 6.92 Å². The number of non-ortho nitro benzene ring substituents is 1. The molecule has 13 heteroatoms. The number of likely N-dealkylation sites (N-methyl/N-ethyl adjacent to an activating group) is 1. The number of hydrogen-bond donors (Lipinski definition) is 0. The zero-order valence-corrected chi connectivity index (χ0v) is 12.9. The lowest BCUT2D eigenvalue weighted by atomic mass is 9.85. The van der Waals surface area contributed by atoms with Crippen molar-refractivity contribution in [2.75, 3.05) is 7.05 Å². The Kier molecular flexibility index (Phi) is 4.09. The fraction of sp³-hybridized carbons (Fsp3) is 0.333. The first kappa shape index (κ1) is 17.7. The molecule has 132 valence electrons. The topological polar surface area (TPSA) is 170 Å². The second kappa shape index (κ2) is 5.77. The highest BCUT2D eigenvalue weighted by Gasteiger charge is 2.65. The third-order valence-electron chi connectivity index (χ3n) is 4.00. The first-order valence-electron chi connectivity index (χ1n) is 6.79. The highest BCUT2D eigenvalue weighted by molar-refractivity contribution is 6.07. The van der Waals surface area contributed by atoms with Gasteiger partial charge in [0, 0.05) is 13.1 Å². The Labute approximate surface area is 138 Å². The third-order valence-corrected chi connectivity index (χ3v) is 4.00. The van der Waals surface area contributed by atoms with Gasteiger partial charge in [0.15, 0.2) is 5.03 Å². The zero-order valence-electron chi connectivity index (χ0n) is 12.9. The van der Waals surface area contributed by atoms with E-state index in [1.807, 2.05) is 0 Å². The number of benzene rings is 1. The molecule has 1 aliphatic heterocycles. The molecule has 13 nitrogen and oxygen atoms in total. The predicted molar refractivity (Wildman–Crippen MR) is 78.7 cm³/mol. The lowest BCUT2D eigenvalue weighted by molar-refractivity contribution is -0.647. The van der Waals surface area contributed by atoms with E-state index < -0.39 is 49.3 Å². The standard InChI is InChI=1S/C12H11N5O8/c1-3-12(10(18)13(2)11(19)14(12)17(24)25)8-5-4-7(15(20)21)6-9(8)16(22)23/h4-6H,3H2,1-2H3. The summed E-state index contributed by atoms with van der Waals surface area (Å²) in [6.07, 6.45) is -0.346. The molecule has 0 radical (unpaired) electrons. The van der Waals surface area contributed by atoms with E-state index in [0.29, 0.717) is 11.0 Å². The van der Waals surface area contributed by atoms with Crippen molar-refractivity contribution in [3.05, 3.63) is 54.1 Å². The summed E-state index contributed by atoms with van der Waals surface area (Å²) in [5.41, 5.74) is -4.23. The molecular weight excluding hydrogens is 342 g/mol. The second-order valence-corrected chi connectivity index (χ2v) is 5.13. The van der Waals surface area contributed by atoms with E-state index in [4.69, 9.17) is 0 Å². The second-order valence-electron chi connectivity index (χ2n) is 5.13. The van der Waals surface area contributed by atoms with Crippen molar-refractivity contribution in [1.82, 2.24) is 9.91 Å². The van der Waals surface area contributed by atoms with Gasteiger partial charge in [0.1, 0.15) is 0 Å². The van der Waals surface area contributed by atoms with Crippen LogP contribution in [-0.2, 0) is 10.3 Å². The Morgan fingerprint density at radius 2 is 1.68 bits per heavy atom. The third kappa shape index (κ3) is 2.32. The minimum absolute atomic E-state index is 0.0174. The Balaban J connectivity index is 2.85. The van der Waals surface area contributed by atoms with Crippen molar-refractivity contribution >= 4 is 23.3 Å². The number of carbonyl (C=O) groups excluding carboxylic acids is 2. The van der Waals surface area contributed by atoms with Crippen LogP contribution in [0.15, 0.2) is 18.2 Å². The van der Waals surface area contributed by atoms with Crippen LogP contribution in [0.4, 0.5) is 16.2 Å². The first-order valence-corrected chi connectivity index (χ1v) is 6.79. The van der Waals surface area contributed by atoms with Crippen LogP contribution in [0.1, 0.15) is 18.9 Å². The summed E-state index contributed by atoms with van der Waals surface area (Å²) in [4.78, 5) is 56.8. The molecular formula is C12H11N5O8. The number of nitro groups is 3. The summed E-state index contributed by atoms with van der Waals surface area (Å²) < 4.78 is 0. The van der Waals surface area contributed by atoms with Gasteiger partial charge in [0.25, 0.3) is 17.3 Å². The van der Waals surface area contributed by atoms with Crippen molar-refractivity contribution in [2.45, 2.75) is 18.9 Å². The average Bonchev–Trinajstić information content (AvgIpc) is 2.75. The van der Waals surface area contributed by atoms with Gasteiger partial charge >= 0.3 is 6.03 Å². The highest BCUT2D eigenvalue weighted by atomic mass is 16.7. The number of hydrogen-bond acceptors (Lipinski definition) is 8. The van der Waals surface area contributed by atoms with Crippen molar-refractivity contribution in [1.29, 1.82) is 0 Å². The van der Waals surface area contributed by atoms with Crippen molar-refractivity contribution in [2.24, 2.45) is 0 Å². The van der Waals surface area contributed by atoms with E-state index in [9.17, 15) is 39.9 Å². The Morgan fingerprint density at radius 1 is 1.08 bits per heavy atom. The summed E-state index contributed by atoms with van der Waals surface area (Å²) in [6, 6.07) is 1.11. The molecule has 3 amide bonds. The van der Waals surface area contributed by atoms with Crippen LogP contribution in [0.3, 0.4) is 0 Å². The minimum Gasteiger partial charge on any atom is -0.271 e. The number of carbonyl (C=O) groups is 2. The largest absolute Gasteiger partial charge is 0.385 e. The van der Waals surface area contributed by atoms with Gasteiger partial charge in [-0.2, -0.15) is 0 Å². The van der Waals surface area contributed by atoms with Crippen molar-refractivity contribution in [3.63, 3.8) is 0 Å². The van der Waals surface area contributed by atoms with Gasteiger partial charge in [0.2, 0.25) is 5.54 Å². The predicted octanol–water partition coefficient (Wildman–Crippen LogP) is 1.19. The molecule has 1 fully saturated rings. The molecule has 25 heavy (non-hydrogen) atoms. The summed E-state index contributed by atoms with van der Waals surface area (Å²) in [5.74, 6) is -1.03. The van der Waals surface area contributed by atoms with Crippen LogP contribution in [0.5, 0.6) is 0 Å². The molecule has 0 aromatic heterocycles. The van der Waals surface area contributed by atoms with Crippen LogP contribution in [0.2, 0.25) is 0 Å². The molecule has 1 aromatic rings. The fourth-order valence-electron chi connectivity index (χ4n) is 2.82. The smallest absolute Gasteiger partial charge is 0.271 e. The van der Waals surface area contributed by atoms with E-state index >= 15 is 0 Å². The van der Waals surface area contributed by atoms with Crippen LogP contribution in [-0.4, -0.2) is 43.8 Å². The average molecular weight is 353 g/mol.